The Bertz CT molecular complexity index is 2100. The number of hydrogen-bond acceptors (Lipinski definition) is 11. The molecular formula is C40H52FN5O9S. The first-order chi connectivity index (χ1) is 26.3. The van der Waals surface area contributed by atoms with E-state index in [9.17, 15) is 27.6 Å². The highest BCUT2D eigenvalue weighted by atomic mass is 32.2. The van der Waals surface area contributed by atoms with Crippen LogP contribution in [0.4, 0.5) is 4.39 Å². The molecule has 1 saturated heterocycles. The average Bonchev–Trinajstić information content (AvgIpc) is 4.01. The lowest BCUT2D eigenvalue weighted by atomic mass is 9.86. The molecule has 5 heterocycles. The predicted octanol–water partition coefficient (Wildman–Crippen LogP) is 4.82. The van der Waals surface area contributed by atoms with Gasteiger partial charge in [-0.1, -0.05) is 25.0 Å². The van der Waals surface area contributed by atoms with Crippen LogP contribution in [0.15, 0.2) is 24.3 Å². The topological polar surface area (TPSA) is 183 Å². The lowest BCUT2D eigenvalue weighted by molar-refractivity contribution is -0.159. The summed E-state index contributed by atoms with van der Waals surface area (Å²) in [5, 5.41) is 2.87. The van der Waals surface area contributed by atoms with E-state index >= 15 is 4.39 Å². The second-order valence-electron chi connectivity index (χ2n) is 17.5. The fourth-order valence-corrected chi connectivity index (χ4v) is 9.71. The van der Waals surface area contributed by atoms with Crippen molar-refractivity contribution in [2.45, 2.75) is 139 Å². The van der Waals surface area contributed by atoms with Gasteiger partial charge in [0.1, 0.15) is 40.2 Å². The Morgan fingerprint density at radius 1 is 1.11 bits per heavy atom. The Labute approximate surface area is 326 Å². The lowest BCUT2D eigenvalue weighted by Gasteiger charge is -2.38. The molecule has 0 aromatic carbocycles. The summed E-state index contributed by atoms with van der Waals surface area (Å²) in [5.74, 6) is -3.49. The number of carbonyl (C=O) groups excluding carboxylic acids is 4. The zero-order valence-corrected chi connectivity index (χ0v) is 33.7. The van der Waals surface area contributed by atoms with Crippen LogP contribution in [0.3, 0.4) is 0 Å². The number of hydrogen-bond donors (Lipinski definition) is 2. The molecule has 7 rings (SSSR count). The minimum absolute atomic E-state index is 0.138. The number of allylic oxidation sites excluding steroid dienone is 1. The van der Waals surface area contributed by atoms with Gasteiger partial charge in [-0.3, -0.25) is 23.9 Å². The minimum Gasteiger partial charge on any atom is -0.483 e. The molecule has 16 heteroatoms. The Kier molecular flexibility index (Phi) is 10.1. The van der Waals surface area contributed by atoms with Crippen LogP contribution in [0.2, 0.25) is 0 Å². The zero-order valence-electron chi connectivity index (χ0n) is 32.9. The number of amides is 3. The van der Waals surface area contributed by atoms with Crippen LogP contribution in [0.25, 0.3) is 11.0 Å². The monoisotopic (exact) mass is 797 g/mol. The number of pyridine rings is 2. The fourth-order valence-electron chi connectivity index (χ4n) is 8.40. The molecule has 0 radical (unpaired) electrons. The van der Waals surface area contributed by atoms with Gasteiger partial charge in [-0.15, -0.1) is 0 Å². The van der Waals surface area contributed by atoms with Crippen LogP contribution in [-0.4, -0.2) is 88.2 Å². The van der Waals surface area contributed by atoms with Gasteiger partial charge in [0, 0.05) is 30.7 Å². The van der Waals surface area contributed by atoms with Gasteiger partial charge in [0.25, 0.3) is 5.91 Å². The standard InChI is InChI=1S/C40H52FN5O9S/c1-23-33-31(32-27(42-23)14-15-29(43-32)53-6)26(41)20-39(55-33)21-28-34(48)44-40(36(50)45-56(51,52)38(5)16-17-38)19-25(40)13-11-9-7-8-10-12-24(35(49)46(28)22-39)18-30(47)54-37(2,3)4/h11,13-15,24-26,28H,7-10,12,16-22H2,1-6H3,(H,44,48)(H,45,50)/b13-11-/t24-,25-,26-,28+,39-,40-/m1/s1. The van der Waals surface area contributed by atoms with E-state index in [1.807, 2.05) is 12.2 Å². The normalized spacial score (nSPS) is 30.7. The minimum atomic E-state index is -4.03. The van der Waals surface area contributed by atoms with Crippen LogP contribution in [-0.2, 0) is 33.9 Å². The molecule has 2 aromatic heterocycles. The zero-order chi connectivity index (χ0) is 40.4. The van der Waals surface area contributed by atoms with E-state index in [0.717, 1.165) is 12.8 Å². The first-order valence-electron chi connectivity index (χ1n) is 19.6. The third-order valence-electron chi connectivity index (χ3n) is 11.9. The number of aryl methyl sites for hydroxylation is 1. The molecule has 0 bridgehead atoms. The summed E-state index contributed by atoms with van der Waals surface area (Å²) < 4.78 is 61.9. The summed E-state index contributed by atoms with van der Waals surface area (Å²) in [6.07, 6.45) is 5.72. The number of carbonyl (C=O) groups is 4. The number of ether oxygens (including phenoxy) is 3. The van der Waals surface area contributed by atoms with E-state index < -0.39 is 79.3 Å². The van der Waals surface area contributed by atoms with Crippen LogP contribution in [0, 0.1) is 18.8 Å². The smallest absolute Gasteiger partial charge is 0.307 e. The van der Waals surface area contributed by atoms with E-state index in [-0.39, 0.29) is 54.9 Å². The van der Waals surface area contributed by atoms with E-state index in [2.05, 4.69) is 20.0 Å². The predicted molar refractivity (Wildman–Crippen MR) is 203 cm³/mol. The second kappa shape index (κ2) is 14.2. The molecule has 6 atom stereocenters. The lowest BCUT2D eigenvalue weighted by Crippen LogP contribution is -2.57. The number of esters is 1. The molecule has 0 unspecified atom stereocenters. The molecule has 1 spiro atoms. The van der Waals surface area contributed by atoms with Gasteiger partial charge in [0.05, 0.1) is 41.6 Å². The van der Waals surface area contributed by atoms with Crippen molar-refractivity contribution in [2.75, 3.05) is 13.7 Å². The van der Waals surface area contributed by atoms with E-state index in [4.69, 9.17) is 14.2 Å². The van der Waals surface area contributed by atoms with Crippen molar-refractivity contribution in [3.63, 3.8) is 0 Å². The Hall–Kier alpha value is -4.34. The molecule has 2 saturated carbocycles. The number of rotatable bonds is 6. The highest BCUT2D eigenvalue weighted by Crippen LogP contribution is 2.51. The third-order valence-corrected chi connectivity index (χ3v) is 14.1. The highest BCUT2D eigenvalue weighted by molar-refractivity contribution is 7.91. The molecule has 56 heavy (non-hydrogen) atoms. The van der Waals surface area contributed by atoms with Crippen molar-refractivity contribution in [1.82, 2.24) is 24.9 Å². The molecule has 2 aliphatic carbocycles. The van der Waals surface area contributed by atoms with Crippen LogP contribution in [0.1, 0.15) is 116 Å². The van der Waals surface area contributed by atoms with Crippen molar-refractivity contribution >= 4 is 44.7 Å². The number of aromatic nitrogens is 2. The molecule has 304 valence electrons. The van der Waals surface area contributed by atoms with E-state index in [0.29, 0.717) is 43.3 Å². The van der Waals surface area contributed by atoms with Gasteiger partial charge >= 0.3 is 5.97 Å². The Balaban J connectivity index is 1.26. The van der Waals surface area contributed by atoms with Crippen LogP contribution >= 0.6 is 0 Å². The summed E-state index contributed by atoms with van der Waals surface area (Å²) in [4.78, 5) is 67.0. The summed E-state index contributed by atoms with van der Waals surface area (Å²) in [6.45, 7) is 8.30. The van der Waals surface area contributed by atoms with Crippen molar-refractivity contribution in [2.24, 2.45) is 11.8 Å². The number of methoxy groups -OCH3 is 1. The van der Waals surface area contributed by atoms with Crippen molar-refractivity contribution < 1.29 is 46.2 Å². The maximum Gasteiger partial charge on any atom is 0.307 e. The molecule has 2 aromatic rings. The van der Waals surface area contributed by atoms with Crippen LogP contribution < -0.4 is 19.5 Å². The second-order valence-corrected chi connectivity index (χ2v) is 19.7. The molecule has 2 N–H and O–H groups in total. The van der Waals surface area contributed by atoms with Crippen LogP contribution in [0.5, 0.6) is 11.6 Å². The fraction of sp³-hybridized carbons (Fsp3) is 0.650. The quantitative estimate of drug-likeness (QED) is 0.302. The molecule has 3 aliphatic heterocycles. The van der Waals surface area contributed by atoms with Gasteiger partial charge < -0.3 is 24.4 Å². The largest absolute Gasteiger partial charge is 0.483 e. The first kappa shape index (κ1) is 39.9. The number of nitrogens with zero attached hydrogens (tertiary/aromatic N) is 3. The molecular weight excluding hydrogens is 746 g/mol. The summed E-state index contributed by atoms with van der Waals surface area (Å²) in [7, 11) is -2.58. The molecule has 14 nitrogen and oxygen atoms in total. The van der Waals surface area contributed by atoms with Gasteiger partial charge in [0.2, 0.25) is 27.7 Å². The molecule has 3 fully saturated rings. The first-order valence-corrected chi connectivity index (χ1v) is 21.0. The third kappa shape index (κ3) is 7.57. The maximum absolute atomic E-state index is 16.7. The Morgan fingerprint density at radius 2 is 1.86 bits per heavy atom. The Morgan fingerprint density at radius 3 is 2.55 bits per heavy atom. The summed E-state index contributed by atoms with van der Waals surface area (Å²) in [5.41, 5.74) is -2.43. The summed E-state index contributed by atoms with van der Waals surface area (Å²) >= 11 is 0. The molecule has 5 aliphatic rings. The highest BCUT2D eigenvalue weighted by Gasteiger charge is 2.64. The number of alkyl halides is 1. The van der Waals surface area contributed by atoms with Gasteiger partial charge in [-0.2, -0.15) is 0 Å². The number of halogens is 1. The van der Waals surface area contributed by atoms with E-state index in [1.54, 1.807) is 46.8 Å². The van der Waals surface area contributed by atoms with Crippen molar-refractivity contribution in [1.29, 1.82) is 0 Å². The average molecular weight is 798 g/mol. The van der Waals surface area contributed by atoms with E-state index in [1.165, 1.54) is 12.0 Å². The van der Waals surface area contributed by atoms with Gasteiger partial charge in [0.15, 0.2) is 0 Å². The van der Waals surface area contributed by atoms with Crippen molar-refractivity contribution in [3.05, 3.63) is 35.5 Å². The van der Waals surface area contributed by atoms with Gasteiger partial charge in [-0.25, -0.2) is 22.8 Å². The summed E-state index contributed by atoms with van der Waals surface area (Å²) in [6, 6.07) is 2.07. The SMILES string of the molecule is COc1ccc2nc(C)c3c(c2n1)[C@H](F)C[C@]1(C[C@H]2C(=O)N[C@]4(C(=O)NS(=O)(=O)C5(C)CC5)C[C@H]4/C=C\CCCCC[C@H](CC(=O)OC(C)(C)C)C(=O)N2C1)O3. The molecule has 3 amide bonds. The van der Waals surface area contributed by atoms with Crippen molar-refractivity contribution in [3.8, 4) is 11.6 Å². The van der Waals surface area contributed by atoms with Gasteiger partial charge in [-0.05, 0) is 79.2 Å². The number of sulfonamides is 1. The number of fused-ring (bicyclic) bond motifs is 5. The maximum atomic E-state index is 16.7. The number of nitrogens with one attached hydrogen (secondary N) is 2.